The molecule has 0 saturated carbocycles. The molecule has 0 saturated heterocycles. The molecule has 0 fully saturated rings. The molecule has 0 bridgehead atoms. The van der Waals surface area contributed by atoms with Gasteiger partial charge in [-0.05, 0) is 85.8 Å². The highest BCUT2D eigenvalue weighted by Gasteiger charge is 2.46. The fourth-order valence-corrected chi connectivity index (χ4v) is 11.1. The molecule has 0 atom stereocenters. The maximum absolute atomic E-state index is 7.39. The molecule has 11 aromatic rings. The minimum atomic E-state index is -0.733. The molecule has 1 aliphatic rings. The summed E-state index contributed by atoms with van der Waals surface area (Å²) in [6, 6.07) is 63.1. The van der Waals surface area contributed by atoms with Crippen LogP contribution in [0.3, 0.4) is 0 Å². The summed E-state index contributed by atoms with van der Waals surface area (Å²) in [5.74, 6) is 0. The Bertz CT molecular complexity index is 3870. The Kier molecular flexibility index (Phi) is 10.4. The first-order valence-electron chi connectivity index (χ1n) is 22.9. The Labute approximate surface area is 419 Å². The van der Waals surface area contributed by atoms with Crippen molar-refractivity contribution in [2.24, 2.45) is 0 Å². The van der Waals surface area contributed by atoms with Crippen molar-refractivity contribution < 1.29 is 4.42 Å². The van der Waals surface area contributed by atoms with Gasteiger partial charge < -0.3 is 9.32 Å². The van der Waals surface area contributed by atoms with Gasteiger partial charge in [-0.1, -0.05) is 184 Å². The van der Waals surface area contributed by atoms with Crippen LogP contribution in [0, 0.1) is 0 Å². The van der Waals surface area contributed by atoms with Crippen molar-refractivity contribution in [1.82, 2.24) is 0 Å². The SMILES string of the molecule is [B]c1c([B])c([B])c(-c2c([B])c([B])c(N(c3ccc4c(c3)C(c3ccccc3)(c3ccccc3)c3ccccc3-4)c3ccccc3-c3cccc4oc5c6ccccc6ccc5c34)c([B])c2[B])c([B])c1[B]. The summed E-state index contributed by atoms with van der Waals surface area (Å²) in [4.78, 5) is 2.05. The van der Waals surface area contributed by atoms with E-state index in [4.69, 9.17) is 75.0 Å². The third-order valence-electron chi connectivity index (χ3n) is 14.3. The molecular weight excluding hydrogens is 836 g/mol. The first-order valence-corrected chi connectivity index (χ1v) is 22.9. The fourth-order valence-electron chi connectivity index (χ4n) is 11.1. The second kappa shape index (κ2) is 16.7. The zero-order valence-corrected chi connectivity index (χ0v) is 37.9. The molecule has 12 rings (SSSR count). The monoisotopic (exact) mass is 867 g/mol. The lowest BCUT2D eigenvalue weighted by Crippen LogP contribution is -2.57. The maximum Gasteiger partial charge on any atom is 0.143 e. The normalized spacial score (nSPS) is 12.6. The molecule has 10 aromatic carbocycles. The number of hydrogen-bond donors (Lipinski definition) is 0. The van der Waals surface area contributed by atoms with Crippen molar-refractivity contribution >= 4 is 170 Å². The van der Waals surface area contributed by atoms with Crippen LogP contribution in [-0.2, 0) is 5.41 Å². The van der Waals surface area contributed by atoms with Crippen molar-refractivity contribution in [1.29, 1.82) is 0 Å². The minimum absolute atomic E-state index is 0.0330. The van der Waals surface area contributed by atoms with Crippen LogP contribution in [0.2, 0.25) is 0 Å². The summed E-state index contributed by atoms with van der Waals surface area (Å²) in [6.45, 7) is 0. The number of para-hydroxylation sites is 1. The van der Waals surface area contributed by atoms with Crippen molar-refractivity contribution in [2.45, 2.75) is 5.41 Å². The fraction of sp³-hybridized carbons (Fsp3) is 0.0169. The standard InChI is InChI=1S/C59H30B9NO/c60-48-46(49(61)53(65)54(66)52(48)64)47-50(62)55(67)57(56(68)51(47)63)69(43-24-12-10-21-38(43)39-22-13-25-44-45(39)40-28-26-31-14-7-8-19-35(31)58(40)70-44)34-27-29-37-36-20-9-11-23-41(36)59(42(37)30-34,32-15-3-1-4-16-32)33-17-5-2-6-18-33/h1-30H. The largest absolute Gasteiger partial charge is 0.455 e. The average molecular weight is 866 g/mol. The van der Waals surface area contributed by atoms with Gasteiger partial charge in [-0.2, -0.15) is 0 Å². The van der Waals surface area contributed by atoms with Gasteiger partial charge in [0.1, 0.15) is 81.8 Å². The van der Waals surface area contributed by atoms with Crippen LogP contribution in [0.5, 0.6) is 0 Å². The predicted molar refractivity (Wildman–Crippen MR) is 303 cm³/mol. The third-order valence-corrected chi connectivity index (χ3v) is 14.3. The maximum atomic E-state index is 7.39. The van der Waals surface area contributed by atoms with E-state index in [1.54, 1.807) is 0 Å². The highest BCUT2D eigenvalue weighted by molar-refractivity contribution is 6.71. The minimum Gasteiger partial charge on any atom is -0.455 e. The molecule has 1 aromatic heterocycles. The van der Waals surface area contributed by atoms with E-state index in [9.17, 15) is 0 Å². The molecule has 0 N–H and O–H groups in total. The van der Waals surface area contributed by atoms with E-state index in [1.807, 2.05) is 54.6 Å². The molecule has 0 aliphatic heterocycles. The number of fused-ring (bicyclic) bond motifs is 8. The Morgan fingerprint density at radius 2 is 0.900 bits per heavy atom. The van der Waals surface area contributed by atoms with Crippen LogP contribution in [-0.4, -0.2) is 70.6 Å². The molecule has 11 heteroatoms. The summed E-state index contributed by atoms with van der Waals surface area (Å²) in [5, 5.41) is 4.03. The molecule has 0 amide bonds. The van der Waals surface area contributed by atoms with Crippen LogP contribution in [0.25, 0.3) is 66.1 Å². The van der Waals surface area contributed by atoms with E-state index in [1.165, 1.54) is 0 Å². The first kappa shape index (κ1) is 43.9. The van der Waals surface area contributed by atoms with Gasteiger partial charge in [-0.15, -0.1) is 16.4 Å². The van der Waals surface area contributed by atoms with E-state index >= 15 is 0 Å². The molecule has 0 unspecified atom stereocenters. The summed E-state index contributed by atoms with van der Waals surface area (Å²) in [6.07, 6.45) is 0. The number of nitrogens with zero attached hydrogens (tertiary/aromatic N) is 1. The molecule has 1 aliphatic carbocycles. The van der Waals surface area contributed by atoms with Crippen LogP contribution in [0.4, 0.5) is 17.1 Å². The van der Waals surface area contributed by atoms with Gasteiger partial charge in [-0.25, -0.2) is 0 Å². The Balaban J connectivity index is 1.18. The first-order chi connectivity index (χ1) is 34.0. The van der Waals surface area contributed by atoms with E-state index in [0.717, 1.165) is 88.6 Å². The average Bonchev–Trinajstić information content (AvgIpc) is 3.94. The highest BCUT2D eigenvalue weighted by Crippen LogP contribution is 2.57. The third kappa shape index (κ3) is 6.26. The molecule has 1 heterocycles. The van der Waals surface area contributed by atoms with Crippen LogP contribution >= 0.6 is 0 Å². The molecule has 0 spiro atoms. The van der Waals surface area contributed by atoms with Crippen LogP contribution in [0.1, 0.15) is 22.3 Å². The summed E-state index contributed by atoms with van der Waals surface area (Å²) >= 11 is 0. The van der Waals surface area contributed by atoms with Gasteiger partial charge in [0.15, 0.2) is 0 Å². The Morgan fingerprint density at radius 3 is 1.57 bits per heavy atom. The van der Waals surface area contributed by atoms with Gasteiger partial charge in [0.25, 0.3) is 0 Å². The van der Waals surface area contributed by atoms with E-state index in [0.29, 0.717) is 5.69 Å². The quantitative estimate of drug-likeness (QED) is 0.209. The van der Waals surface area contributed by atoms with Crippen molar-refractivity contribution in [3.05, 3.63) is 204 Å². The second-order valence-corrected chi connectivity index (χ2v) is 17.9. The lowest BCUT2D eigenvalue weighted by molar-refractivity contribution is 0.673. The number of rotatable bonds is 7. The van der Waals surface area contributed by atoms with Gasteiger partial charge in [0, 0.05) is 33.1 Å². The predicted octanol–water partition coefficient (Wildman–Crippen LogP) is 5.05. The van der Waals surface area contributed by atoms with Crippen molar-refractivity contribution in [3.63, 3.8) is 0 Å². The van der Waals surface area contributed by atoms with E-state index < -0.39 is 5.41 Å². The molecule has 304 valence electrons. The summed E-state index contributed by atoms with van der Waals surface area (Å²) in [5.41, 5.74) is 12.0. The van der Waals surface area contributed by atoms with E-state index in [-0.39, 0.29) is 60.3 Å². The van der Waals surface area contributed by atoms with Crippen LogP contribution in [0.15, 0.2) is 186 Å². The molecular formula is C59H30B9NO. The zero-order valence-electron chi connectivity index (χ0n) is 37.9. The zero-order chi connectivity index (χ0) is 48.2. The highest BCUT2D eigenvalue weighted by atomic mass is 16.3. The van der Waals surface area contributed by atoms with Gasteiger partial charge >= 0.3 is 0 Å². The lowest BCUT2D eigenvalue weighted by Gasteiger charge is -2.37. The van der Waals surface area contributed by atoms with Gasteiger partial charge in [-0.3, -0.25) is 0 Å². The Hall–Kier alpha value is -7.36. The molecule has 70 heavy (non-hydrogen) atoms. The number of benzene rings is 10. The second-order valence-electron chi connectivity index (χ2n) is 17.9. The van der Waals surface area contributed by atoms with Gasteiger partial charge in [0.2, 0.25) is 0 Å². The topological polar surface area (TPSA) is 16.4 Å². The van der Waals surface area contributed by atoms with Crippen molar-refractivity contribution in [2.75, 3.05) is 4.90 Å². The van der Waals surface area contributed by atoms with Crippen LogP contribution < -0.4 is 54.1 Å². The number of hydrogen-bond acceptors (Lipinski definition) is 2. The van der Waals surface area contributed by atoms with E-state index in [2.05, 4.69) is 132 Å². The smallest absolute Gasteiger partial charge is 0.143 e. The lowest BCUT2D eigenvalue weighted by atomic mass is 9.56. The van der Waals surface area contributed by atoms with Gasteiger partial charge in [0.05, 0.1) is 11.1 Å². The number of anilines is 3. The summed E-state index contributed by atoms with van der Waals surface area (Å²) in [7, 11) is 61.5. The number of furan rings is 1. The Morgan fingerprint density at radius 1 is 0.371 bits per heavy atom. The molecule has 2 nitrogen and oxygen atoms in total. The molecule has 18 radical (unpaired) electrons. The van der Waals surface area contributed by atoms with Crippen molar-refractivity contribution in [3.8, 4) is 33.4 Å². The summed E-state index contributed by atoms with van der Waals surface area (Å²) < 4.78 is 6.72.